The smallest absolute Gasteiger partial charge is 0.336 e. The Morgan fingerprint density at radius 3 is 2.61 bits per heavy atom. The molecule has 1 fully saturated rings. The fourth-order valence-electron chi connectivity index (χ4n) is 3.70. The van der Waals surface area contributed by atoms with Gasteiger partial charge in [0.15, 0.2) is 10.9 Å². The van der Waals surface area contributed by atoms with Crippen LogP contribution in [0.3, 0.4) is 0 Å². The first-order valence-electron chi connectivity index (χ1n) is 11.7. The number of benzene rings is 2. The molecule has 1 aromatic heterocycles. The second-order valence-corrected chi connectivity index (χ2v) is 10.4. The van der Waals surface area contributed by atoms with Gasteiger partial charge in [-0.1, -0.05) is 5.16 Å². The predicted octanol–water partition coefficient (Wildman–Crippen LogP) is 1.98. The second kappa shape index (κ2) is 11.7. The summed E-state index contributed by atoms with van der Waals surface area (Å²) in [5, 5.41) is 16.8. The Morgan fingerprint density at radius 2 is 1.95 bits per heavy atom. The Balaban J connectivity index is 1.21. The molecule has 2 amide bonds. The number of hydrogen-bond donors (Lipinski definition) is 2. The molecule has 5 rings (SSSR count). The van der Waals surface area contributed by atoms with Crippen LogP contribution in [0.15, 0.2) is 65.5 Å². The van der Waals surface area contributed by atoms with E-state index >= 15 is 0 Å². The van der Waals surface area contributed by atoms with Crippen LogP contribution in [0.2, 0.25) is 0 Å². The van der Waals surface area contributed by atoms with E-state index in [2.05, 4.69) is 19.8 Å². The molecule has 41 heavy (non-hydrogen) atoms. The minimum atomic E-state index is -0.937. The number of amides is 2. The standard InChI is InChI=1S/C24H18FN7O7S2/c25-14-3-7-16(8-4-14)39-29-17(19-28-24(26)41-30-19)20(33)27-18-21(34)31-9-13(11-40-22(18)31)23(35)38-10-12-1-5-15(6-2-12)32(36)37/h1-9,18,22H,10-11H2,(H,27,33)(H2,26,28,30)/t18?,22-/m1/s1. The molecule has 0 aliphatic carbocycles. The van der Waals surface area contributed by atoms with Crippen LogP contribution in [-0.4, -0.2) is 59.8 Å². The molecule has 0 spiro atoms. The number of nitrogens with two attached hydrogens (primary N) is 1. The van der Waals surface area contributed by atoms with Crippen molar-refractivity contribution in [2.24, 2.45) is 5.16 Å². The number of nitrogens with one attached hydrogen (secondary N) is 1. The summed E-state index contributed by atoms with van der Waals surface area (Å²) in [6.07, 6.45) is 1.37. The first-order valence-corrected chi connectivity index (χ1v) is 13.5. The minimum Gasteiger partial charge on any atom is -0.457 e. The molecule has 2 aliphatic rings. The van der Waals surface area contributed by atoms with Gasteiger partial charge >= 0.3 is 5.97 Å². The Kier molecular flexibility index (Phi) is 7.88. The average Bonchev–Trinajstić information content (AvgIpc) is 3.41. The summed E-state index contributed by atoms with van der Waals surface area (Å²) in [6.45, 7) is -0.105. The maximum atomic E-state index is 13.2. The molecule has 2 aromatic carbocycles. The summed E-state index contributed by atoms with van der Waals surface area (Å²) in [7, 11) is 0. The highest BCUT2D eigenvalue weighted by molar-refractivity contribution is 8.00. The number of nitro groups is 1. The monoisotopic (exact) mass is 599 g/mol. The maximum absolute atomic E-state index is 13.2. The molecule has 1 saturated heterocycles. The summed E-state index contributed by atoms with van der Waals surface area (Å²) in [5.41, 5.74) is 6.01. The first-order chi connectivity index (χ1) is 19.7. The van der Waals surface area contributed by atoms with Crippen molar-refractivity contribution >= 4 is 57.6 Å². The highest BCUT2D eigenvalue weighted by Crippen LogP contribution is 2.36. The van der Waals surface area contributed by atoms with Gasteiger partial charge in [0.25, 0.3) is 17.5 Å². The lowest BCUT2D eigenvalue weighted by Gasteiger charge is -2.47. The van der Waals surface area contributed by atoms with Gasteiger partial charge in [0.05, 0.1) is 10.5 Å². The van der Waals surface area contributed by atoms with Crippen molar-refractivity contribution in [1.29, 1.82) is 0 Å². The average molecular weight is 600 g/mol. The normalized spacial score (nSPS) is 18.1. The summed E-state index contributed by atoms with van der Waals surface area (Å²) >= 11 is 2.07. The van der Waals surface area contributed by atoms with Gasteiger partial charge in [-0.3, -0.25) is 19.7 Å². The zero-order valence-corrected chi connectivity index (χ0v) is 22.3. The molecular weight excluding hydrogens is 581 g/mol. The number of aromatic nitrogens is 2. The van der Waals surface area contributed by atoms with Crippen molar-refractivity contribution in [3.8, 4) is 5.75 Å². The van der Waals surface area contributed by atoms with E-state index in [-0.39, 0.29) is 46.0 Å². The van der Waals surface area contributed by atoms with E-state index in [1.165, 1.54) is 59.3 Å². The Morgan fingerprint density at radius 1 is 1.22 bits per heavy atom. The maximum Gasteiger partial charge on any atom is 0.336 e. The minimum absolute atomic E-state index is 0.0779. The summed E-state index contributed by atoms with van der Waals surface area (Å²) in [6, 6.07) is 9.56. The van der Waals surface area contributed by atoms with Gasteiger partial charge in [0.2, 0.25) is 11.5 Å². The number of nitrogens with zero attached hydrogens (tertiary/aromatic N) is 5. The van der Waals surface area contributed by atoms with E-state index in [0.29, 0.717) is 5.56 Å². The van der Waals surface area contributed by atoms with Crippen LogP contribution in [-0.2, 0) is 25.7 Å². The molecular formula is C24H18FN7O7S2. The second-order valence-electron chi connectivity index (χ2n) is 8.49. The number of carbonyl (C=O) groups is 3. The van der Waals surface area contributed by atoms with Crippen molar-refractivity contribution < 1.29 is 33.3 Å². The van der Waals surface area contributed by atoms with Gasteiger partial charge in [-0.25, -0.2) is 9.18 Å². The zero-order chi connectivity index (χ0) is 29.1. The lowest BCUT2D eigenvalue weighted by Crippen LogP contribution is -2.69. The van der Waals surface area contributed by atoms with Gasteiger partial charge in [0.1, 0.15) is 23.8 Å². The van der Waals surface area contributed by atoms with E-state index in [9.17, 15) is 28.9 Å². The number of rotatable bonds is 9. The zero-order valence-electron chi connectivity index (χ0n) is 20.6. The number of carbonyl (C=O) groups excluding carboxylic acids is 3. The molecule has 1 unspecified atom stereocenters. The highest BCUT2D eigenvalue weighted by Gasteiger charge is 2.50. The number of esters is 1. The number of thioether (sulfide) groups is 1. The van der Waals surface area contributed by atoms with Crippen molar-refractivity contribution in [3.05, 3.63) is 87.6 Å². The number of halogens is 1. The van der Waals surface area contributed by atoms with Crippen molar-refractivity contribution in [2.45, 2.75) is 18.0 Å². The van der Waals surface area contributed by atoms with Gasteiger partial charge in [-0.05, 0) is 42.0 Å². The summed E-state index contributed by atoms with van der Waals surface area (Å²) in [5.74, 6) is -2.17. The number of fused-ring (bicyclic) bond motifs is 1. The quantitative estimate of drug-likeness (QED) is 0.120. The summed E-state index contributed by atoms with van der Waals surface area (Å²) in [4.78, 5) is 59.2. The molecule has 3 heterocycles. The van der Waals surface area contributed by atoms with Gasteiger partial charge in [-0.2, -0.15) is 9.36 Å². The number of nitro benzene ring substituents is 1. The van der Waals surface area contributed by atoms with Gasteiger partial charge < -0.3 is 25.5 Å². The Labute approximate surface area is 238 Å². The molecule has 14 nitrogen and oxygen atoms in total. The molecule has 3 aromatic rings. The van der Waals surface area contributed by atoms with Crippen LogP contribution < -0.4 is 15.9 Å². The number of β-lactam (4-membered cyclic amide) rings is 1. The summed E-state index contributed by atoms with van der Waals surface area (Å²) < 4.78 is 22.4. The first kappa shape index (κ1) is 27.7. The van der Waals surface area contributed by atoms with Crippen molar-refractivity contribution in [2.75, 3.05) is 11.5 Å². The van der Waals surface area contributed by atoms with E-state index in [4.69, 9.17) is 15.3 Å². The fourth-order valence-corrected chi connectivity index (χ4v) is 5.38. The number of anilines is 1. The van der Waals surface area contributed by atoms with Gasteiger partial charge in [0, 0.05) is 35.6 Å². The Hall–Kier alpha value is -4.90. The van der Waals surface area contributed by atoms with Gasteiger partial charge in [-0.15, -0.1) is 11.8 Å². The number of nitrogen functional groups attached to an aromatic ring is 1. The van der Waals surface area contributed by atoms with E-state index < -0.39 is 39.9 Å². The van der Waals surface area contributed by atoms with Crippen LogP contribution in [0.5, 0.6) is 5.75 Å². The molecule has 210 valence electrons. The van der Waals surface area contributed by atoms with E-state index in [0.717, 1.165) is 23.7 Å². The third-order valence-corrected chi connectivity index (χ3v) is 7.64. The third-order valence-electron chi connectivity index (χ3n) is 5.77. The SMILES string of the molecule is Nc1nc(C(=NOc2ccc(F)cc2)C(=O)NC2C(=O)N3C=C(C(=O)OCc4ccc([N+](=O)[O-])cc4)CS[C@H]23)ns1. The van der Waals surface area contributed by atoms with Crippen molar-refractivity contribution in [1.82, 2.24) is 19.6 Å². The molecule has 3 N–H and O–H groups in total. The van der Waals surface area contributed by atoms with Crippen LogP contribution >= 0.6 is 23.3 Å². The fraction of sp³-hybridized carbons (Fsp3) is 0.167. The molecule has 0 bridgehead atoms. The number of non-ortho nitro benzene ring substituents is 1. The Bertz CT molecular complexity index is 1580. The molecule has 0 saturated carbocycles. The lowest BCUT2D eigenvalue weighted by molar-refractivity contribution is -0.384. The predicted molar refractivity (Wildman–Crippen MR) is 144 cm³/mol. The molecule has 0 radical (unpaired) electrons. The number of oxime groups is 1. The number of ether oxygens (including phenoxy) is 1. The van der Waals surface area contributed by atoms with Crippen LogP contribution in [0, 0.1) is 15.9 Å². The third kappa shape index (κ3) is 6.15. The van der Waals surface area contributed by atoms with Crippen LogP contribution in [0.25, 0.3) is 0 Å². The van der Waals surface area contributed by atoms with E-state index in [1.54, 1.807) is 0 Å². The number of hydrogen-bond acceptors (Lipinski definition) is 13. The molecule has 17 heteroatoms. The molecule has 2 atom stereocenters. The topological polar surface area (TPSA) is 192 Å². The van der Waals surface area contributed by atoms with Crippen molar-refractivity contribution in [3.63, 3.8) is 0 Å². The van der Waals surface area contributed by atoms with E-state index in [1.807, 2.05) is 0 Å². The largest absolute Gasteiger partial charge is 0.457 e. The highest BCUT2D eigenvalue weighted by atomic mass is 32.2. The molecule has 2 aliphatic heterocycles. The van der Waals surface area contributed by atoms with Crippen LogP contribution in [0.1, 0.15) is 11.4 Å². The van der Waals surface area contributed by atoms with Crippen LogP contribution in [0.4, 0.5) is 15.2 Å². The lowest BCUT2D eigenvalue weighted by atomic mass is 10.1.